The number of aryl methyl sites for hydroxylation is 1. The van der Waals surface area contributed by atoms with Crippen LogP contribution in [0.3, 0.4) is 0 Å². The van der Waals surface area contributed by atoms with Gasteiger partial charge in [0.05, 0.1) is 23.3 Å². The Bertz CT molecular complexity index is 955. The Morgan fingerprint density at radius 2 is 1.93 bits per heavy atom. The van der Waals surface area contributed by atoms with Gasteiger partial charge in [-0.15, -0.1) is 0 Å². The van der Waals surface area contributed by atoms with Crippen LogP contribution < -0.4 is 14.4 Å². The third-order valence-electron chi connectivity index (χ3n) is 4.62. The fraction of sp³-hybridized carbons (Fsp3) is 0.304. The molecule has 4 nitrogen and oxygen atoms in total. The number of hydrogen-bond acceptors (Lipinski definition) is 5. The van der Waals surface area contributed by atoms with Crippen LogP contribution in [0.1, 0.15) is 38.3 Å². The van der Waals surface area contributed by atoms with E-state index < -0.39 is 0 Å². The number of para-hydroxylation sites is 1. The van der Waals surface area contributed by atoms with Gasteiger partial charge in [-0.3, -0.25) is 9.69 Å². The van der Waals surface area contributed by atoms with E-state index in [-0.39, 0.29) is 12.0 Å². The van der Waals surface area contributed by atoms with E-state index in [1.165, 1.54) is 11.8 Å². The van der Waals surface area contributed by atoms with Crippen molar-refractivity contribution >= 4 is 46.0 Å². The molecule has 1 atom stereocenters. The molecule has 29 heavy (non-hydrogen) atoms. The van der Waals surface area contributed by atoms with E-state index in [4.69, 9.17) is 21.7 Å². The number of ether oxygens (including phenoxy) is 2. The summed E-state index contributed by atoms with van der Waals surface area (Å²) in [4.78, 5) is 15.2. The van der Waals surface area contributed by atoms with Gasteiger partial charge >= 0.3 is 0 Å². The molecule has 152 valence electrons. The van der Waals surface area contributed by atoms with E-state index >= 15 is 0 Å². The third kappa shape index (κ3) is 4.82. The normalized spacial score (nSPS) is 16.4. The van der Waals surface area contributed by atoms with Crippen molar-refractivity contribution in [3.63, 3.8) is 0 Å². The van der Waals surface area contributed by atoms with Gasteiger partial charge in [-0.25, -0.2) is 0 Å². The van der Waals surface area contributed by atoms with Crippen molar-refractivity contribution in [2.24, 2.45) is 0 Å². The molecule has 1 aliphatic rings. The molecule has 0 spiro atoms. The van der Waals surface area contributed by atoms with E-state index in [9.17, 15) is 4.79 Å². The fourth-order valence-corrected chi connectivity index (χ4v) is 4.21. The Balaban J connectivity index is 1.90. The predicted octanol–water partition coefficient (Wildman–Crippen LogP) is 5.98. The number of thioether (sulfide) groups is 1. The van der Waals surface area contributed by atoms with Crippen molar-refractivity contribution in [1.29, 1.82) is 0 Å². The van der Waals surface area contributed by atoms with E-state index in [2.05, 4.69) is 6.92 Å². The minimum absolute atomic E-state index is 0.102. The Morgan fingerprint density at radius 3 is 2.62 bits per heavy atom. The molecule has 6 heteroatoms. The van der Waals surface area contributed by atoms with Crippen molar-refractivity contribution in [3.05, 3.63) is 58.5 Å². The first-order chi connectivity index (χ1) is 13.9. The first kappa shape index (κ1) is 21.4. The summed E-state index contributed by atoms with van der Waals surface area (Å²) in [5, 5.41) is 0. The Kier molecular flexibility index (Phi) is 6.98. The molecular formula is C23H25NO3S2. The van der Waals surface area contributed by atoms with Gasteiger partial charge < -0.3 is 9.47 Å². The smallest absolute Gasteiger partial charge is 0.270 e. The second-order valence-corrected chi connectivity index (χ2v) is 8.46. The summed E-state index contributed by atoms with van der Waals surface area (Å²) >= 11 is 6.80. The largest absolute Gasteiger partial charge is 0.490 e. The maximum atomic E-state index is 13.0. The summed E-state index contributed by atoms with van der Waals surface area (Å²) in [5.41, 5.74) is 2.70. The average Bonchev–Trinajstić information content (AvgIpc) is 2.97. The molecule has 2 aromatic rings. The van der Waals surface area contributed by atoms with Crippen molar-refractivity contribution < 1.29 is 14.3 Å². The fourth-order valence-electron chi connectivity index (χ4n) is 2.92. The van der Waals surface area contributed by atoms with E-state index in [1.807, 2.05) is 69.3 Å². The zero-order valence-electron chi connectivity index (χ0n) is 17.1. The first-order valence-electron chi connectivity index (χ1n) is 9.71. The molecule has 0 unspecified atom stereocenters. The number of amides is 1. The number of nitrogens with zero attached hydrogens (tertiary/aromatic N) is 1. The number of carbonyl (C=O) groups is 1. The minimum Gasteiger partial charge on any atom is -0.490 e. The summed E-state index contributed by atoms with van der Waals surface area (Å²) in [7, 11) is 0. The number of thiocarbonyl (C=S) groups is 1. The van der Waals surface area contributed by atoms with E-state index in [0.717, 1.165) is 23.2 Å². The zero-order valence-corrected chi connectivity index (χ0v) is 18.7. The SMILES string of the molecule is CCOc1cc(/C=C2/SC(=S)N(c3ccccc3C)C2=O)ccc1O[C@@H](C)CC. The first-order valence-corrected chi connectivity index (χ1v) is 10.9. The van der Waals surface area contributed by atoms with E-state index in [0.29, 0.717) is 27.3 Å². The Hall–Kier alpha value is -2.31. The monoisotopic (exact) mass is 427 g/mol. The van der Waals surface area contributed by atoms with Crippen LogP contribution in [0.4, 0.5) is 5.69 Å². The number of carbonyl (C=O) groups excluding carboxylic acids is 1. The molecule has 2 aromatic carbocycles. The van der Waals surface area contributed by atoms with Gasteiger partial charge in [0.2, 0.25) is 0 Å². The molecule has 0 radical (unpaired) electrons. The molecule has 3 rings (SSSR count). The molecule has 0 bridgehead atoms. The van der Waals surface area contributed by atoms with Gasteiger partial charge in [-0.2, -0.15) is 0 Å². The second-order valence-electron chi connectivity index (χ2n) is 6.78. The van der Waals surface area contributed by atoms with Gasteiger partial charge in [0, 0.05) is 0 Å². The highest BCUT2D eigenvalue weighted by molar-refractivity contribution is 8.27. The molecule has 1 saturated heterocycles. The van der Waals surface area contributed by atoms with Gasteiger partial charge in [0.15, 0.2) is 15.8 Å². The molecule has 1 fully saturated rings. The Labute approximate surface area is 181 Å². The van der Waals surface area contributed by atoms with Crippen LogP contribution in [0.15, 0.2) is 47.4 Å². The maximum absolute atomic E-state index is 13.0. The second kappa shape index (κ2) is 9.46. The number of rotatable bonds is 7. The number of anilines is 1. The maximum Gasteiger partial charge on any atom is 0.270 e. The summed E-state index contributed by atoms with van der Waals surface area (Å²) in [6, 6.07) is 13.5. The van der Waals surface area contributed by atoms with Gasteiger partial charge in [0.25, 0.3) is 5.91 Å². The van der Waals surface area contributed by atoms with Crippen LogP contribution in [0.25, 0.3) is 6.08 Å². The minimum atomic E-state index is -0.104. The molecule has 0 saturated carbocycles. The van der Waals surface area contributed by atoms with Crippen LogP contribution in [0.2, 0.25) is 0 Å². The lowest BCUT2D eigenvalue weighted by Gasteiger charge is -2.17. The van der Waals surface area contributed by atoms with Gasteiger partial charge in [-0.05, 0) is 62.6 Å². The van der Waals surface area contributed by atoms with Crippen LogP contribution >= 0.6 is 24.0 Å². The van der Waals surface area contributed by atoms with Crippen molar-refractivity contribution in [2.45, 2.75) is 40.2 Å². The molecule has 1 amide bonds. The standard InChI is InChI=1S/C23H25NO3S2/c1-5-16(4)27-19-12-11-17(13-20(19)26-6-2)14-21-22(25)24(23(28)29-21)18-10-8-7-9-15(18)3/h7-14,16H,5-6H2,1-4H3/b21-14+/t16-/m0/s1. The average molecular weight is 428 g/mol. The molecule has 1 aliphatic heterocycles. The highest BCUT2D eigenvalue weighted by Crippen LogP contribution is 2.38. The van der Waals surface area contributed by atoms with E-state index in [1.54, 1.807) is 4.90 Å². The third-order valence-corrected chi connectivity index (χ3v) is 5.92. The highest BCUT2D eigenvalue weighted by atomic mass is 32.2. The zero-order chi connectivity index (χ0) is 21.0. The molecular weight excluding hydrogens is 402 g/mol. The van der Waals surface area contributed by atoms with Crippen LogP contribution in [0.5, 0.6) is 11.5 Å². The van der Waals surface area contributed by atoms with Crippen molar-refractivity contribution in [3.8, 4) is 11.5 Å². The van der Waals surface area contributed by atoms with Crippen LogP contribution in [0, 0.1) is 6.92 Å². The van der Waals surface area contributed by atoms with Crippen LogP contribution in [-0.2, 0) is 4.79 Å². The quantitative estimate of drug-likeness (QED) is 0.402. The topological polar surface area (TPSA) is 38.8 Å². The lowest BCUT2D eigenvalue weighted by molar-refractivity contribution is -0.113. The van der Waals surface area contributed by atoms with Crippen molar-refractivity contribution in [2.75, 3.05) is 11.5 Å². The summed E-state index contributed by atoms with van der Waals surface area (Å²) < 4.78 is 12.3. The predicted molar refractivity (Wildman–Crippen MR) is 125 cm³/mol. The molecule has 0 aliphatic carbocycles. The van der Waals surface area contributed by atoms with Gasteiger partial charge in [-0.1, -0.05) is 55.2 Å². The van der Waals surface area contributed by atoms with Crippen LogP contribution in [-0.4, -0.2) is 22.9 Å². The number of benzene rings is 2. The highest BCUT2D eigenvalue weighted by Gasteiger charge is 2.34. The number of hydrogen-bond donors (Lipinski definition) is 0. The van der Waals surface area contributed by atoms with Crippen molar-refractivity contribution in [1.82, 2.24) is 0 Å². The molecule has 0 N–H and O–H groups in total. The summed E-state index contributed by atoms with van der Waals surface area (Å²) in [6.45, 7) is 8.56. The summed E-state index contributed by atoms with van der Waals surface area (Å²) in [6.07, 6.45) is 2.87. The molecule has 0 aromatic heterocycles. The Morgan fingerprint density at radius 1 is 1.17 bits per heavy atom. The summed E-state index contributed by atoms with van der Waals surface area (Å²) in [5.74, 6) is 1.29. The lowest BCUT2D eigenvalue weighted by Crippen LogP contribution is -2.28. The van der Waals surface area contributed by atoms with Gasteiger partial charge in [0.1, 0.15) is 0 Å². The lowest BCUT2D eigenvalue weighted by atomic mass is 10.1. The molecule has 1 heterocycles.